The SMILES string of the molecule is CC[C@@H](N[C@@H](C)CC(N)=O)c1ccc(Cl)c(C(=O)c2ccc3c(c2)OCC(=O)N3)c1F. The molecular formula is C22H23ClFN3O4. The third kappa shape index (κ3) is 5.03. The van der Waals surface area contributed by atoms with Crippen molar-refractivity contribution in [2.75, 3.05) is 11.9 Å². The quantitative estimate of drug-likeness (QED) is 0.537. The number of ketones is 1. The average molecular weight is 448 g/mol. The number of hydrogen-bond acceptors (Lipinski definition) is 5. The first-order chi connectivity index (χ1) is 14.7. The number of nitrogens with one attached hydrogen (secondary N) is 2. The van der Waals surface area contributed by atoms with Crippen molar-refractivity contribution in [3.05, 3.63) is 57.9 Å². The highest BCUT2D eigenvalue weighted by molar-refractivity contribution is 6.35. The number of primary amides is 1. The Hall–Kier alpha value is -2.97. The molecule has 9 heteroatoms. The van der Waals surface area contributed by atoms with Crippen molar-refractivity contribution in [2.24, 2.45) is 5.73 Å². The highest BCUT2D eigenvalue weighted by atomic mass is 35.5. The van der Waals surface area contributed by atoms with E-state index in [1.165, 1.54) is 30.3 Å². The second-order valence-corrected chi connectivity index (χ2v) is 7.81. The van der Waals surface area contributed by atoms with E-state index < -0.39 is 23.5 Å². The topological polar surface area (TPSA) is 111 Å². The number of anilines is 1. The molecule has 0 saturated carbocycles. The van der Waals surface area contributed by atoms with Gasteiger partial charge in [-0.05, 0) is 37.6 Å². The van der Waals surface area contributed by atoms with Crippen LogP contribution in [0.1, 0.15) is 54.2 Å². The number of hydrogen-bond donors (Lipinski definition) is 3. The molecule has 2 aromatic rings. The largest absolute Gasteiger partial charge is 0.482 e. The van der Waals surface area contributed by atoms with Crippen molar-refractivity contribution in [2.45, 2.75) is 38.8 Å². The Morgan fingerprint density at radius 1 is 1.32 bits per heavy atom. The minimum absolute atomic E-state index is 0.0155. The third-order valence-electron chi connectivity index (χ3n) is 5.00. The van der Waals surface area contributed by atoms with Crippen LogP contribution in [-0.4, -0.2) is 30.2 Å². The number of carbonyl (C=O) groups is 3. The summed E-state index contributed by atoms with van der Waals surface area (Å²) in [5, 5.41) is 5.79. The Morgan fingerprint density at radius 2 is 2.06 bits per heavy atom. The molecule has 0 spiro atoms. The molecule has 0 fully saturated rings. The van der Waals surface area contributed by atoms with Crippen LogP contribution in [0.3, 0.4) is 0 Å². The zero-order valence-corrected chi connectivity index (χ0v) is 17.9. The van der Waals surface area contributed by atoms with Gasteiger partial charge in [0.15, 0.2) is 12.4 Å². The number of halogens is 2. The van der Waals surface area contributed by atoms with E-state index in [2.05, 4.69) is 10.6 Å². The summed E-state index contributed by atoms with van der Waals surface area (Å²) in [7, 11) is 0. The van der Waals surface area contributed by atoms with Gasteiger partial charge in [0.1, 0.15) is 11.6 Å². The smallest absolute Gasteiger partial charge is 0.262 e. The number of nitrogens with two attached hydrogens (primary N) is 1. The maximum absolute atomic E-state index is 15.5. The lowest BCUT2D eigenvalue weighted by molar-refractivity contribution is -0.119. The average Bonchev–Trinajstić information content (AvgIpc) is 2.71. The van der Waals surface area contributed by atoms with Crippen molar-refractivity contribution in [1.82, 2.24) is 5.32 Å². The molecule has 2 amide bonds. The van der Waals surface area contributed by atoms with Crippen LogP contribution in [0, 0.1) is 5.82 Å². The molecule has 1 aliphatic heterocycles. The van der Waals surface area contributed by atoms with Crippen LogP contribution in [0.2, 0.25) is 5.02 Å². The molecule has 31 heavy (non-hydrogen) atoms. The lowest BCUT2D eigenvalue weighted by Crippen LogP contribution is -2.34. The maximum atomic E-state index is 15.5. The molecule has 4 N–H and O–H groups in total. The molecule has 0 aromatic heterocycles. The fourth-order valence-corrected chi connectivity index (χ4v) is 3.77. The minimum Gasteiger partial charge on any atom is -0.482 e. The van der Waals surface area contributed by atoms with E-state index in [9.17, 15) is 14.4 Å². The fraction of sp³-hybridized carbons (Fsp3) is 0.318. The summed E-state index contributed by atoms with van der Waals surface area (Å²) in [6.07, 6.45) is 0.616. The molecule has 0 aliphatic carbocycles. The summed E-state index contributed by atoms with van der Waals surface area (Å²) < 4.78 is 20.8. The van der Waals surface area contributed by atoms with E-state index in [4.69, 9.17) is 22.1 Å². The Bertz CT molecular complexity index is 1040. The highest BCUT2D eigenvalue weighted by Gasteiger charge is 2.26. The number of ether oxygens (including phenoxy) is 1. The van der Waals surface area contributed by atoms with Gasteiger partial charge >= 0.3 is 0 Å². The lowest BCUT2D eigenvalue weighted by Gasteiger charge is -2.23. The molecule has 1 heterocycles. The van der Waals surface area contributed by atoms with E-state index in [0.717, 1.165) is 0 Å². The number of amides is 2. The van der Waals surface area contributed by atoms with Gasteiger partial charge in [-0.25, -0.2) is 4.39 Å². The zero-order valence-electron chi connectivity index (χ0n) is 17.1. The Kier molecular flexibility index (Phi) is 6.92. The van der Waals surface area contributed by atoms with Gasteiger partial charge in [0, 0.05) is 29.6 Å². The molecule has 0 bridgehead atoms. The molecule has 2 atom stereocenters. The first-order valence-electron chi connectivity index (χ1n) is 9.84. The summed E-state index contributed by atoms with van der Waals surface area (Å²) in [5.74, 6) is -1.76. The van der Waals surface area contributed by atoms with Crippen molar-refractivity contribution in [1.29, 1.82) is 0 Å². The van der Waals surface area contributed by atoms with Crippen molar-refractivity contribution in [3.8, 4) is 5.75 Å². The van der Waals surface area contributed by atoms with Gasteiger partial charge in [0.25, 0.3) is 5.91 Å². The Labute approximate surface area is 184 Å². The predicted molar refractivity (Wildman–Crippen MR) is 115 cm³/mol. The van der Waals surface area contributed by atoms with Crippen LogP contribution in [0.4, 0.5) is 10.1 Å². The summed E-state index contributed by atoms with van der Waals surface area (Å²) in [6, 6.07) is 6.73. The van der Waals surface area contributed by atoms with Gasteiger partial charge in [0.05, 0.1) is 16.3 Å². The Morgan fingerprint density at radius 3 is 2.74 bits per heavy atom. The number of fused-ring (bicyclic) bond motifs is 1. The lowest BCUT2D eigenvalue weighted by atomic mass is 9.95. The van der Waals surface area contributed by atoms with Crippen LogP contribution in [0.25, 0.3) is 0 Å². The number of benzene rings is 2. The molecule has 0 radical (unpaired) electrons. The second kappa shape index (κ2) is 9.45. The van der Waals surface area contributed by atoms with Gasteiger partial charge in [-0.3, -0.25) is 14.4 Å². The Balaban J connectivity index is 1.94. The molecule has 2 aromatic carbocycles. The molecule has 3 rings (SSSR count). The van der Waals surface area contributed by atoms with Crippen LogP contribution in [0.5, 0.6) is 5.75 Å². The summed E-state index contributed by atoms with van der Waals surface area (Å²) in [4.78, 5) is 35.7. The second-order valence-electron chi connectivity index (χ2n) is 7.40. The minimum atomic E-state index is -0.727. The van der Waals surface area contributed by atoms with Crippen LogP contribution in [-0.2, 0) is 9.59 Å². The van der Waals surface area contributed by atoms with Crippen LogP contribution < -0.4 is 21.1 Å². The summed E-state index contributed by atoms with van der Waals surface area (Å²) in [6.45, 7) is 3.47. The van der Waals surface area contributed by atoms with Crippen LogP contribution >= 0.6 is 11.6 Å². The summed E-state index contributed by atoms with van der Waals surface area (Å²) in [5.41, 5.74) is 5.87. The van der Waals surface area contributed by atoms with Gasteiger partial charge in [-0.1, -0.05) is 24.6 Å². The molecule has 0 unspecified atom stereocenters. The van der Waals surface area contributed by atoms with E-state index in [1.54, 1.807) is 6.92 Å². The zero-order chi connectivity index (χ0) is 22.7. The molecular weight excluding hydrogens is 425 g/mol. The van der Waals surface area contributed by atoms with Gasteiger partial charge in [0.2, 0.25) is 5.91 Å². The molecule has 7 nitrogen and oxygen atoms in total. The maximum Gasteiger partial charge on any atom is 0.262 e. The van der Waals surface area contributed by atoms with Gasteiger partial charge in [-0.15, -0.1) is 0 Å². The molecule has 164 valence electrons. The number of rotatable bonds is 8. The van der Waals surface area contributed by atoms with E-state index in [0.29, 0.717) is 17.9 Å². The predicted octanol–water partition coefficient (Wildman–Crippen LogP) is 3.35. The van der Waals surface area contributed by atoms with E-state index in [1.807, 2.05) is 6.92 Å². The van der Waals surface area contributed by atoms with Crippen molar-refractivity contribution < 1.29 is 23.5 Å². The third-order valence-corrected chi connectivity index (χ3v) is 5.32. The van der Waals surface area contributed by atoms with Crippen molar-refractivity contribution in [3.63, 3.8) is 0 Å². The fourth-order valence-electron chi connectivity index (χ4n) is 3.54. The van der Waals surface area contributed by atoms with Crippen LogP contribution in [0.15, 0.2) is 30.3 Å². The van der Waals surface area contributed by atoms with Crippen molar-refractivity contribution >= 4 is 34.9 Å². The normalized spacial score (nSPS) is 14.8. The van der Waals surface area contributed by atoms with E-state index >= 15 is 4.39 Å². The highest BCUT2D eigenvalue weighted by Crippen LogP contribution is 2.33. The molecule has 0 saturated heterocycles. The monoisotopic (exact) mass is 447 g/mol. The number of carbonyl (C=O) groups excluding carboxylic acids is 3. The first-order valence-corrected chi connectivity index (χ1v) is 10.2. The van der Waals surface area contributed by atoms with E-state index in [-0.39, 0.29) is 46.7 Å². The standard InChI is InChI=1S/C22H23ClFN3O4/c1-3-15(26-11(2)8-18(25)28)13-5-6-14(23)20(21(13)24)22(30)12-4-7-16-17(9-12)31-10-19(29)27-16/h4-7,9,11,15,26H,3,8,10H2,1-2H3,(H2,25,28)(H,27,29)/t11-,15+/m0/s1. The van der Waals surface area contributed by atoms with Gasteiger partial charge in [-0.2, -0.15) is 0 Å². The first kappa shape index (κ1) is 22.7. The summed E-state index contributed by atoms with van der Waals surface area (Å²) >= 11 is 6.20. The van der Waals surface area contributed by atoms with Gasteiger partial charge < -0.3 is 21.1 Å². The molecule has 1 aliphatic rings.